The molecule has 6 heteroatoms. The number of carbonyl (C=O) groups excluding carboxylic acids is 1. The second kappa shape index (κ2) is 6.28. The standard InChI is InChI=1S/C15H24N4O2/c1-15(2,3)21-14(20)19-9-6-11(7-10-19)12-5-8-17-13(16-4)18-12/h5,8,11H,6-7,9-10H2,1-4H3,(H,16,17,18). The average molecular weight is 292 g/mol. The zero-order valence-electron chi connectivity index (χ0n) is 13.2. The molecule has 21 heavy (non-hydrogen) atoms. The maximum Gasteiger partial charge on any atom is 0.410 e. The number of piperidine rings is 1. The van der Waals surface area contributed by atoms with Gasteiger partial charge in [-0.2, -0.15) is 0 Å². The topological polar surface area (TPSA) is 67.4 Å². The van der Waals surface area contributed by atoms with Crippen LogP contribution >= 0.6 is 0 Å². The molecule has 0 aromatic carbocycles. The van der Waals surface area contributed by atoms with Crippen LogP contribution in [0, 0.1) is 0 Å². The van der Waals surface area contributed by atoms with Gasteiger partial charge in [0, 0.05) is 37.9 Å². The molecule has 6 nitrogen and oxygen atoms in total. The number of hydrogen-bond donors (Lipinski definition) is 1. The molecular weight excluding hydrogens is 268 g/mol. The van der Waals surface area contributed by atoms with Crippen LogP contribution in [0.15, 0.2) is 12.3 Å². The summed E-state index contributed by atoms with van der Waals surface area (Å²) in [6, 6.07) is 1.95. The number of hydrogen-bond acceptors (Lipinski definition) is 5. The van der Waals surface area contributed by atoms with Crippen LogP contribution in [0.3, 0.4) is 0 Å². The maximum atomic E-state index is 12.0. The van der Waals surface area contributed by atoms with E-state index in [1.54, 1.807) is 11.1 Å². The molecule has 1 aliphatic heterocycles. The van der Waals surface area contributed by atoms with Crippen molar-refractivity contribution in [2.24, 2.45) is 0 Å². The van der Waals surface area contributed by atoms with Crippen molar-refractivity contribution in [1.82, 2.24) is 14.9 Å². The SMILES string of the molecule is CNc1nccc(C2CCN(C(=O)OC(C)(C)C)CC2)n1. The third-order valence-corrected chi connectivity index (χ3v) is 3.47. The summed E-state index contributed by atoms with van der Waals surface area (Å²) in [6.07, 6.45) is 3.35. The van der Waals surface area contributed by atoms with Crippen molar-refractivity contribution in [3.05, 3.63) is 18.0 Å². The first-order chi connectivity index (χ1) is 9.89. The summed E-state index contributed by atoms with van der Waals surface area (Å²) < 4.78 is 5.41. The van der Waals surface area contributed by atoms with E-state index in [0.717, 1.165) is 18.5 Å². The predicted octanol–water partition coefficient (Wildman–Crippen LogP) is 2.63. The number of amides is 1. The largest absolute Gasteiger partial charge is 0.444 e. The van der Waals surface area contributed by atoms with Crippen LogP contribution in [0.25, 0.3) is 0 Å². The summed E-state index contributed by atoms with van der Waals surface area (Å²) in [6.45, 7) is 7.07. The van der Waals surface area contributed by atoms with Gasteiger partial charge >= 0.3 is 6.09 Å². The lowest BCUT2D eigenvalue weighted by atomic mass is 9.93. The minimum Gasteiger partial charge on any atom is -0.444 e. The van der Waals surface area contributed by atoms with Crippen molar-refractivity contribution >= 4 is 12.0 Å². The fraction of sp³-hybridized carbons (Fsp3) is 0.667. The summed E-state index contributed by atoms with van der Waals surface area (Å²) in [5.41, 5.74) is 0.598. The molecule has 0 bridgehead atoms. The lowest BCUT2D eigenvalue weighted by Gasteiger charge is -2.33. The lowest BCUT2D eigenvalue weighted by Crippen LogP contribution is -2.41. The van der Waals surface area contributed by atoms with Gasteiger partial charge in [-0.25, -0.2) is 14.8 Å². The molecule has 1 aromatic heterocycles. The predicted molar refractivity (Wildman–Crippen MR) is 81.4 cm³/mol. The Morgan fingerprint density at radius 3 is 2.62 bits per heavy atom. The number of anilines is 1. The Labute approximate surface area is 125 Å². The zero-order chi connectivity index (χ0) is 15.5. The minimum atomic E-state index is -0.442. The Balaban J connectivity index is 1.92. The van der Waals surface area contributed by atoms with Crippen LogP contribution in [-0.4, -0.2) is 46.7 Å². The fourth-order valence-electron chi connectivity index (χ4n) is 2.40. The number of rotatable bonds is 2. The highest BCUT2D eigenvalue weighted by atomic mass is 16.6. The van der Waals surface area contributed by atoms with E-state index in [-0.39, 0.29) is 6.09 Å². The van der Waals surface area contributed by atoms with E-state index < -0.39 is 5.60 Å². The van der Waals surface area contributed by atoms with E-state index in [1.807, 2.05) is 33.9 Å². The number of aromatic nitrogens is 2. The van der Waals surface area contributed by atoms with Gasteiger partial charge in [0.1, 0.15) is 5.60 Å². The summed E-state index contributed by atoms with van der Waals surface area (Å²) in [5.74, 6) is 1.01. The van der Waals surface area contributed by atoms with E-state index in [9.17, 15) is 4.79 Å². The molecule has 0 atom stereocenters. The normalized spacial score (nSPS) is 16.7. The van der Waals surface area contributed by atoms with E-state index in [4.69, 9.17) is 4.74 Å². The number of carbonyl (C=O) groups is 1. The highest BCUT2D eigenvalue weighted by Crippen LogP contribution is 2.27. The van der Waals surface area contributed by atoms with Gasteiger partial charge in [-0.1, -0.05) is 0 Å². The molecule has 1 amide bonds. The summed E-state index contributed by atoms with van der Waals surface area (Å²) >= 11 is 0. The third-order valence-electron chi connectivity index (χ3n) is 3.47. The molecule has 1 fully saturated rings. The first-order valence-electron chi connectivity index (χ1n) is 7.37. The summed E-state index contributed by atoms with van der Waals surface area (Å²) in [4.78, 5) is 22.4. The highest BCUT2D eigenvalue weighted by molar-refractivity contribution is 5.68. The monoisotopic (exact) mass is 292 g/mol. The van der Waals surface area contributed by atoms with Gasteiger partial charge in [0.2, 0.25) is 5.95 Å². The smallest absolute Gasteiger partial charge is 0.410 e. The molecule has 0 unspecified atom stereocenters. The molecule has 2 heterocycles. The van der Waals surface area contributed by atoms with E-state index in [0.29, 0.717) is 25.0 Å². The van der Waals surface area contributed by atoms with Crippen molar-refractivity contribution in [3.8, 4) is 0 Å². The first-order valence-corrected chi connectivity index (χ1v) is 7.37. The van der Waals surface area contributed by atoms with Crippen LogP contribution < -0.4 is 5.32 Å². The van der Waals surface area contributed by atoms with Crippen molar-refractivity contribution in [2.75, 3.05) is 25.5 Å². The van der Waals surface area contributed by atoms with Crippen molar-refractivity contribution in [3.63, 3.8) is 0 Å². The van der Waals surface area contributed by atoms with Crippen LogP contribution in [0.4, 0.5) is 10.7 Å². The Bertz CT molecular complexity index is 491. The fourth-order valence-corrected chi connectivity index (χ4v) is 2.40. The Morgan fingerprint density at radius 2 is 2.05 bits per heavy atom. The van der Waals surface area contributed by atoms with Gasteiger partial charge in [0.05, 0.1) is 0 Å². The molecule has 0 spiro atoms. The summed E-state index contributed by atoms with van der Waals surface area (Å²) in [7, 11) is 1.81. The van der Waals surface area contributed by atoms with Crippen LogP contribution in [0.2, 0.25) is 0 Å². The van der Waals surface area contributed by atoms with Crippen molar-refractivity contribution in [2.45, 2.75) is 45.1 Å². The Morgan fingerprint density at radius 1 is 1.38 bits per heavy atom. The van der Waals surface area contributed by atoms with Gasteiger partial charge in [0.15, 0.2) is 0 Å². The molecule has 0 radical (unpaired) electrons. The second-order valence-corrected chi connectivity index (χ2v) is 6.30. The van der Waals surface area contributed by atoms with Gasteiger partial charge in [-0.05, 0) is 39.7 Å². The van der Waals surface area contributed by atoms with Crippen LogP contribution in [-0.2, 0) is 4.74 Å². The van der Waals surface area contributed by atoms with Crippen LogP contribution in [0.1, 0.15) is 45.2 Å². The first kappa shape index (κ1) is 15.5. The van der Waals surface area contributed by atoms with E-state index in [1.165, 1.54) is 0 Å². The lowest BCUT2D eigenvalue weighted by molar-refractivity contribution is 0.0204. The van der Waals surface area contributed by atoms with E-state index >= 15 is 0 Å². The molecule has 1 N–H and O–H groups in total. The third kappa shape index (κ3) is 4.31. The number of likely N-dealkylation sites (tertiary alicyclic amines) is 1. The van der Waals surface area contributed by atoms with Crippen molar-refractivity contribution < 1.29 is 9.53 Å². The minimum absolute atomic E-state index is 0.223. The molecular formula is C15H24N4O2. The van der Waals surface area contributed by atoms with Crippen LogP contribution in [0.5, 0.6) is 0 Å². The number of ether oxygens (including phenoxy) is 1. The Hall–Kier alpha value is -1.85. The number of nitrogens with zero attached hydrogens (tertiary/aromatic N) is 3. The molecule has 2 rings (SSSR count). The molecule has 0 saturated carbocycles. The highest BCUT2D eigenvalue weighted by Gasteiger charge is 2.28. The molecule has 1 aliphatic rings. The van der Waals surface area contributed by atoms with Gasteiger partial charge in [-0.3, -0.25) is 0 Å². The number of nitrogens with one attached hydrogen (secondary N) is 1. The van der Waals surface area contributed by atoms with Gasteiger partial charge in [-0.15, -0.1) is 0 Å². The van der Waals surface area contributed by atoms with Crippen molar-refractivity contribution in [1.29, 1.82) is 0 Å². The average Bonchev–Trinajstić information content (AvgIpc) is 2.46. The summed E-state index contributed by atoms with van der Waals surface area (Å²) in [5, 5.41) is 2.95. The van der Waals surface area contributed by atoms with Gasteiger partial charge in [0.25, 0.3) is 0 Å². The van der Waals surface area contributed by atoms with Gasteiger partial charge < -0.3 is 15.0 Å². The maximum absolute atomic E-state index is 12.0. The molecule has 116 valence electrons. The zero-order valence-corrected chi connectivity index (χ0v) is 13.2. The molecule has 0 aliphatic carbocycles. The van der Waals surface area contributed by atoms with E-state index in [2.05, 4.69) is 15.3 Å². The second-order valence-electron chi connectivity index (χ2n) is 6.30. The molecule has 1 saturated heterocycles. The molecule has 1 aromatic rings. The Kier molecular flexibility index (Phi) is 4.65. The quantitative estimate of drug-likeness (QED) is 0.907.